The fraction of sp³-hybridized carbons (Fsp3) is 0.455. The van der Waals surface area contributed by atoms with E-state index < -0.39 is 57.9 Å². The number of hydrogen-bond acceptors (Lipinski definition) is 13. The highest BCUT2D eigenvalue weighted by molar-refractivity contribution is 5.97. The van der Waals surface area contributed by atoms with Crippen LogP contribution in [0.1, 0.15) is 74.4 Å². The van der Waals surface area contributed by atoms with Crippen molar-refractivity contribution in [3.8, 4) is 5.75 Å². The van der Waals surface area contributed by atoms with Gasteiger partial charge in [0.2, 0.25) is 5.60 Å². The number of methoxy groups -OCH3 is 3. The van der Waals surface area contributed by atoms with Crippen LogP contribution in [0.25, 0.3) is 10.9 Å². The number of hydrogen-bond donors (Lipinski definition) is 2. The van der Waals surface area contributed by atoms with Gasteiger partial charge in [-0.15, -0.1) is 0 Å². The van der Waals surface area contributed by atoms with E-state index in [2.05, 4.69) is 33.8 Å². The lowest BCUT2D eigenvalue weighted by atomic mass is 9.47. The normalized spacial score (nSPS) is 30.7. The molecule has 3 aromatic carbocycles. The summed E-state index contributed by atoms with van der Waals surface area (Å²) in [4.78, 5) is 68.2. The first-order chi connectivity index (χ1) is 33.2. The molecule has 6 aliphatic rings. The van der Waals surface area contributed by atoms with Crippen molar-refractivity contribution in [2.75, 3.05) is 59.5 Å². The highest BCUT2D eigenvalue weighted by atomic mass is 16.6. The molecule has 1 saturated heterocycles. The van der Waals surface area contributed by atoms with Gasteiger partial charge >= 0.3 is 23.9 Å². The van der Waals surface area contributed by atoms with E-state index in [-0.39, 0.29) is 31.4 Å². The molecule has 4 aromatic rings. The average Bonchev–Trinajstić information content (AvgIpc) is 4.02. The molecule has 2 bridgehead atoms. The zero-order chi connectivity index (χ0) is 48.6. The Hall–Kier alpha value is -6.38. The van der Waals surface area contributed by atoms with Crippen LogP contribution in [0.3, 0.4) is 0 Å². The molecule has 8 atom stereocenters. The Bertz CT molecular complexity index is 2840. The Labute approximate surface area is 402 Å². The van der Waals surface area contributed by atoms with Crippen LogP contribution >= 0.6 is 0 Å². The van der Waals surface area contributed by atoms with Gasteiger partial charge in [-0.05, 0) is 67.0 Å². The molecule has 5 aliphatic heterocycles. The smallest absolute Gasteiger partial charge is 0.344 e. The SMILES string of the molecule is CCC1=C[C@H]2CN(/C=C(/C(=O)OCc3ccccc3)Cc3c([nH]c4ccccc34)[C@@](C(=O)OC)(c3cc4c(cc3OC)N(C)[C@H]3[C@@](O)(C(=O)OC)[C@H](OC(C)=O)[C@]5(CC)C=CCN6CC[C@]43[C@@H]65)C2)C1. The van der Waals surface area contributed by atoms with Crippen molar-refractivity contribution >= 4 is 40.5 Å². The molecule has 1 aromatic heterocycles. The summed E-state index contributed by atoms with van der Waals surface area (Å²) in [5, 5.41) is 14.3. The number of para-hydroxylation sites is 1. The third-order valence-corrected chi connectivity index (χ3v) is 16.5. The predicted octanol–water partition coefficient (Wildman–Crippen LogP) is 6.42. The molecule has 10 rings (SSSR count). The van der Waals surface area contributed by atoms with Gasteiger partial charge in [-0.1, -0.05) is 86.2 Å². The molecule has 2 fully saturated rings. The third-order valence-electron chi connectivity index (χ3n) is 16.5. The molecule has 1 saturated carbocycles. The largest absolute Gasteiger partial charge is 0.496 e. The number of carbonyl (C=O) groups is 4. The molecule has 14 heteroatoms. The van der Waals surface area contributed by atoms with E-state index in [1.165, 1.54) is 26.7 Å². The van der Waals surface area contributed by atoms with Crippen LogP contribution < -0.4 is 9.64 Å². The topological polar surface area (TPSA) is 160 Å². The lowest BCUT2D eigenvalue weighted by Gasteiger charge is -2.63. The van der Waals surface area contributed by atoms with Crippen LogP contribution in [-0.4, -0.2) is 122 Å². The second-order valence-corrected chi connectivity index (χ2v) is 19.8. The van der Waals surface area contributed by atoms with Crippen molar-refractivity contribution in [3.05, 3.63) is 130 Å². The van der Waals surface area contributed by atoms with Gasteiger partial charge in [0.15, 0.2) is 6.10 Å². The number of aromatic nitrogens is 1. The van der Waals surface area contributed by atoms with Gasteiger partial charge in [0.05, 0.1) is 32.9 Å². The molecule has 1 aliphatic carbocycles. The summed E-state index contributed by atoms with van der Waals surface area (Å²) < 4.78 is 30.3. The number of nitrogens with one attached hydrogen (secondary N) is 1. The van der Waals surface area contributed by atoms with Crippen LogP contribution in [0.2, 0.25) is 0 Å². The van der Waals surface area contributed by atoms with Crippen LogP contribution in [0.4, 0.5) is 5.69 Å². The Morgan fingerprint density at radius 1 is 0.928 bits per heavy atom. The zero-order valence-electron chi connectivity index (χ0n) is 40.5. The van der Waals surface area contributed by atoms with Crippen molar-refractivity contribution in [3.63, 3.8) is 0 Å². The molecule has 0 radical (unpaired) electrons. The molecular weight excluding hydrogens is 877 g/mol. The van der Waals surface area contributed by atoms with Gasteiger partial charge < -0.3 is 43.6 Å². The van der Waals surface area contributed by atoms with Crippen molar-refractivity contribution in [2.24, 2.45) is 11.3 Å². The first kappa shape index (κ1) is 46.4. The Kier molecular flexibility index (Phi) is 11.6. The number of H-pyrrole nitrogens is 1. The number of ether oxygens (including phenoxy) is 5. The molecule has 2 N–H and O–H groups in total. The summed E-state index contributed by atoms with van der Waals surface area (Å²) >= 11 is 0. The first-order valence-electron chi connectivity index (χ1n) is 24.1. The number of benzene rings is 3. The van der Waals surface area contributed by atoms with E-state index in [0.29, 0.717) is 67.3 Å². The van der Waals surface area contributed by atoms with Crippen LogP contribution in [-0.2, 0) is 62.0 Å². The number of likely N-dealkylation sites (N-methyl/N-ethyl adjacent to an activating group) is 1. The predicted molar refractivity (Wildman–Crippen MR) is 258 cm³/mol. The monoisotopic (exact) mass is 938 g/mol. The number of aromatic amines is 1. The quantitative estimate of drug-likeness (QED) is 0.102. The number of anilines is 1. The second kappa shape index (κ2) is 17.2. The molecule has 362 valence electrons. The number of aliphatic hydroxyl groups is 1. The fourth-order valence-corrected chi connectivity index (χ4v) is 14.0. The van der Waals surface area contributed by atoms with E-state index in [4.69, 9.17) is 23.7 Å². The number of carbonyl (C=O) groups excluding carboxylic acids is 4. The summed E-state index contributed by atoms with van der Waals surface area (Å²) in [5.41, 5.74) is 0.692. The zero-order valence-corrected chi connectivity index (χ0v) is 40.5. The van der Waals surface area contributed by atoms with Gasteiger partial charge in [-0.2, -0.15) is 0 Å². The van der Waals surface area contributed by atoms with Crippen LogP contribution in [0.5, 0.6) is 5.75 Å². The Balaban J connectivity index is 1.25. The van der Waals surface area contributed by atoms with E-state index in [9.17, 15) is 19.5 Å². The minimum atomic E-state index is -2.35. The third kappa shape index (κ3) is 6.71. The Morgan fingerprint density at radius 2 is 1.68 bits per heavy atom. The lowest BCUT2D eigenvalue weighted by Crippen LogP contribution is -2.81. The van der Waals surface area contributed by atoms with Crippen molar-refractivity contribution in [2.45, 2.75) is 94.1 Å². The molecule has 0 amide bonds. The van der Waals surface area contributed by atoms with Gasteiger partial charge in [-0.25, -0.2) is 9.59 Å². The summed E-state index contributed by atoms with van der Waals surface area (Å²) in [6, 6.07) is 20.1. The van der Waals surface area contributed by atoms with E-state index in [1.807, 2.05) is 97.9 Å². The standard InChI is InChI=1S/C55H62N4O10/c1-8-34-24-36-28-54(50(62)66-6,45-39(38-18-13-14-19-42(38)56-45)25-37(31-58(29-34)30-36)46(61)68-32-35-16-11-10-12-17-35)41-26-40-43(27-44(41)65-5)57(4)48-53(40)21-23-59-22-15-20-52(9-2,47(53)59)49(69-33(3)60)55(48,64)51(63)67-7/h10-20,24,26-27,31,36,47-49,56,64H,8-9,21-23,25,28-30,32H2,1-7H3/b37-31+/t36-,47+,48-,49-,52-,53-,54+,55+/m1/s1. The van der Waals surface area contributed by atoms with Crippen molar-refractivity contribution < 1.29 is 48.0 Å². The van der Waals surface area contributed by atoms with E-state index in [0.717, 1.165) is 34.0 Å². The maximum atomic E-state index is 15.7. The highest BCUT2D eigenvalue weighted by Crippen LogP contribution is 2.68. The first-order valence-corrected chi connectivity index (χ1v) is 24.1. The van der Waals surface area contributed by atoms with E-state index in [1.54, 1.807) is 7.11 Å². The van der Waals surface area contributed by atoms with Crippen LogP contribution in [0, 0.1) is 11.3 Å². The van der Waals surface area contributed by atoms with Crippen LogP contribution in [0.15, 0.2) is 102 Å². The van der Waals surface area contributed by atoms with Gasteiger partial charge in [0.25, 0.3) is 0 Å². The molecule has 69 heavy (non-hydrogen) atoms. The molecular formula is C55H62N4O10. The highest BCUT2D eigenvalue weighted by Gasteiger charge is 2.80. The Morgan fingerprint density at radius 3 is 2.39 bits per heavy atom. The minimum absolute atomic E-state index is 0.0936. The summed E-state index contributed by atoms with van der Waals surface area (Å²) in [5.74, 6) is -2.33. The molecule has 14 nitrogen and oxygen atoms in total. The molecule has 0 unspecified atom stereocenters. The second-order valence-electron chi connectivity index (χ2n) is 19.8. The van der Waals surface area contributed by atoms with Crippen molar-refractivity contribution in [1.82, 2.24) is 14.8 Å². The summed E-state index contributed by atoms with van der Waals surface area (Å²) in [6.45, 7) is 7.86. The summed E-state index contributed by atoms with van der Waals surface area (Å²) in [7, 11) is 6.09. The number of esters is 4. The maximum Gasteiger partial charge on any atom is 0.344 e. The molecule has 6 heterocycles. The van der Waals surface area contributed by atoms with Crippen molar-refractivity contribution in [1.29, 1.82) is 0 Å². The van der Waals surface area contributed by atoms with Gasteiger partial charge in [-0.3, -0.25) is 14.5 Å². The minimum Gasteiger partial charge on any atom is -0.496 e. The number of nitrogens with zero attached hydrogens (tertiary/aromatic N) is 3. The number of fused-ring (bicyclic) bond motifs is 6. The van der Waals surface area contributed by atoms with E-state index >= 15 is 4.79 Å². The summed E-state index contributed by atoms with van der Waals surface area (Å²) in [6.07, 6.45) is 9.12. The van der Waals surface area contributed by atoms with Gasteiger partial charge in [0, 0.05) is 97.0 Å². The average molecular weight is 939 g/mol. The van der Waals surface area contributed by atoms with Gasteiger partial charge in [0.1, 0.15) is 17.8 Å². The maximum absolute atomic E-state index is 15.7. The lowest BCUT2D eigenvalue weighted by molar-refractivity contribution is -0.228. The fourth-order valence-electron chi connectivity index (χ4n) is 14.0. The number of rotatable bonds is 10. The molecule has 1 spiro atoms.